The van der Waals surface area contributed by atoms with Crippen LogP contribution in [0.4, 0.5) is 0 Å². The summed E-state index contributed by atoms with van der Waals surface area (Å²) >= 11 is 8.31. The highest BCUT2D eigenvalue weighted by Gasteiger charge is 2.35. The molecule has 37 heavy (non-hydrogen) atoms. The Morgan fingerprint density at radius 2 is 1.76 bits per heavy atom. The number of allylic oxidation sites excluding steroid dienone is 1. The van der Waals surface area contributed by atoms with Gasteiger partial charge in [0.2, 0.25) is 0 Å². The predicted octanol–water partition coefficient (Wildman–Crippen LogP) is 4.35. The first-order valence-electron chi connectivity index (χ1n) is 11.2. The molecule has 4 rings (SSSR count). The molecule has 1 aliphatic rings. The van der Waals surface area contributed by atoms with Crippen LogP contribution in [0.15, 0.2) is 60.3 Å². The van der Waals surface area contributed by atoms with Gasteiger partial charge in [0.1, 0.15) is 5.75 Å². The lowest BCUT2D eigenvalue weighted by atomic mass is 9.95. The van der Waals surface area contributed by atoms with Gasteiger partial charge in [-0.05, 0) is 55.8 Å². The largest absolute Gasteiger partial charge is 0.496 e. The van der Waals surface area contributed by atoms with Crippen LogP contribution in [0.25, 0.3) is 6.08 Å². The van der Waals surface area contributed by atoms with Crippen LogP contribution in [-0.2, 0) is 9.53 Å². The number of rotatable bonds is 7. The number of halogens is 2. The molecule has 194 valence electrons. The van der Waals surface area contributed by atoms with E-state index in [1.807, 2.05) is 18.2 Å². The number of methoxy groups -OCH3 is 3. The molecule has 0 saturated carbocycles. The first kappa shape index (κ1) is 27.2. The molecule has 8 nitrogen and oxygen atoms in total. The number of esters is 1. The quantitative estimate of drug-likeness (QED) is 0.353. The molecular weight excluding hydrogens is 628 g/mol. The van der Waals surface area contributed by atoms with Crippen molar-refractivity contribution in [2.45, 2.75) is 19.9 Å². The van der Waals surface area contributed by atoms with Gasteiger partial charge in [-0.25, -0.2) is 9.79 Å². The van der Waals surface area contributed by atoms with Crippen molar-refractivity contribution in [1.82, 2.24) is 4.57 Å². The third kappa shape index (κ3) is 5.12. The van der Waals surface area contributed by atoms with E-state index in [4.69, 9.17) is 18.9 Å². The molecule has 0 saturated heterocycles. The van der Waals surface area contributed by atoms with Crippen LogP contribution < -0.4 is 29.1 Å². The van der Waals surface area contributed by atoms with Crippen LogP contribution in [0.3, 0.4) is 0 Å². The normalized spacial score (nSPS) is 15.2. The number of nitrogens with zero attached hydrogens (tertiary/aromatic N) is 2. The standard InChI is InChI=1S/C26H24Br2N2O6S/c1-6-36-25(32)22-13(2)29-26-30(23(22)16-11-19(34-4)20(35-5)12-17(16)28)24(31)21(37-26)10-14-9-15(27)7-8-18(14)33-3/h7-12,23H,6H2,1-5H3/b21-10-. The highest BCUT2D eigenvalue weighted by atomic mass is 79.9. The molecule has 0 aliphatic carbocycles. The molecule has 2 aromatic carbocycles. The van der Waals surface area contributed by atoms with E-state index in [0.29, 0.717) is 42.3 Å². The highest BCUT2D eigenvalue weighted by molar-refractivity contribution is 9.10. The van der Waals surface area contributed by atoms with Crippen molar-refractivity contribution >= 4 is 55.2 Å². The van der Waals surface area contributed by atoms with E-state index in [1.165, 1.54) is 30.1 Å². The van der Waals surface area contributed by atoms with Gasteiger partial charge in [-0.2, -0.15) is 0 Å². The Balaban J connectivity index is 2.03. The number of ether oxygens (including phenoxy) is 4. The maximum Gasteiger partial charge on any atom is 0.338 e. The zero-order valence-electron chi connectivity index (χ0n) is 20.8. The van der Waals surface area contributed by atoms with Crippen molar-refractivity contribution in [3.8, 4) is 17.2 Å². The molecule has 3 aromatic rings. The summed E-state index contributed by atoms with van der Waals surface area (Å²) in [4.78, 5) is 32.1. The van der Waals surface area contributed by atoms with Crippen LogP contribution in [0.1, 0.15) is 31.0 Å². The Morgan fingerprint density at radius 1 is 1.08 bits per heavy atom. The predicted molar refractivity (Wildman–Crippen MR) is 148 cm³/mol. The first-order valence-corrected chi connectivity index (χ1v) is 13.6. The summed E-state index contributed by atoms with van der Waals surface area (Å²) in [6.45, 7) is 3.65. The fourth-order valence-corrected chi connectivity index (χ4v) is 6.08. The summed E-state index contributed by atoms with van der Waals surface area (Å²) in [7, 11) is 4.64. The number of benzene rings is 2. The minimum atomic E-state index is -0.809. The van der Waals surface area contributed by atoms with Crippen molar-refractivity contribution in [2.24, 2.45) is 4.99 Å². The second-order valence-electron chi connectivity index (χ2n) is 7.92. The van der Waals surface area contributed by atoms with Gasteiger partial charge in [0, 0.05) is 14.5 Å². The zero-order valence-corrected chi connectivity index (χ0v) is 24.7. The van der Waals surface area contributed by atoms with Crippen molar-refractivity contribution in [3.05, 3.63) is 81.4 Å². The van der Waals surface area contributed by atoms with Gasteiger partial charge in [-0.1, -0.05) is 43.2 Å². The average Bonchev–Trinajstić information content (AvgIpc) is 3.17. The summed E-state index contributed by atoms with van der Waals surface area (Å²) in [6.07, 6.45) is 1.76. The molecule has 2 heterocycles. The van der Waals surface area contributed by atoms with E-state index in [9.17, 15) is 9.59 Å². The lowest BCUT2D eigenvalue weighted by Gasteiger charge is -2.26. The Hall–Kier alpha value is -2.89. The number of aromatic nitrogens is 1. The lowest BCUT2D eigenvalue weighted by Crippen LogP contribution is -2.40. The van der Waals surface area contributed by atoms with E-state index < -0.39 is 12.0 Å². The smallest absolute Gasteiger partial charge is 0.338 e. The summed E-state index contributed by atoms with van der Waals surface area (Å²) in [5.74, 6) is 1.04. The number of carbonyl (C=O) groups excluding carboxylic acids is 1. The van der Waals surface area contributed by atoms with Gasteiger partial charge in [-0.3, -0.25) is 9.36 Å². The molecule has 0 bridgehead atoms. The van der Waals surface area contributed by atoms with Crippen LogP contribution in [0, 0.1) is 0 Å². The monoisotopic (exact) mass is 650 g/mol. The molecule has 1 aromatic heterocycles. The lowest BCUT2D eigenvalue weighted by molar-refractivity contribution is -0.139. The number of thiazole rings is 1. The third-order valence-corrected chi connectivity index (χ3v) is 7.96. The van der Waals surface area contributed by atoms with Gasteiger partial charge in [0.25, 0.3) is 5.56 Å². The molecule has 0 spiro atoms. The van der Waals surface area contributed by atoms with Gasteiger partial charge in [-0.15, -0.1) is 0 Å². The second kappa shape index (κ2) is 11.2. The molecule has 0 fully saturated rings. The number of hydrogen-bond acceptors (Lipinski definition) is 8. The number of fused-ring (bicyclic) bond motifs is 1. The maximum atomic E-state index is 13.9. The Labute approximate surface area is 234 Å². The summed E-state index contributed by atoms with van der Waals surface area (Å²) in [5, 5.41) is 0. The van der Waals surface area contributed by atoms with Crippen LogP contribution in [0.5, 0.6) is 17.2 Å². The van der Waals surface area contributed by atoms with Gasteiger partial charge in [0.05, 0.1) is 49.8 Å². The van der Waals surface area contributed by atoms with E-state index >= 15 is 0 Å². The molecule has 0 radical (unpaired) electrons. The van der Waals surface area contributed by atoms with Crippen molar-refractivity contribution in [3.63, 3.8) is 0 Å². The fraction of sp³-hybridized carbons (Fsp3) is 0.269. The first-order chi connectivity index (χ1) is 17.7. The minimum absolute atomic E-state index is 0.183. The third-order valence-electron chi connectivity index (χ3n) is 5.79. The number of hydrogen-bond donors (Lipinski definition) is 0. The molecule has 11 heteroatoms. The Kier molecular flexibility index (Phi) is 8.25. The van der Waals surface area contributed by atoms with E-state index in [-0.39, 0.29) is 17.7 Å². The van der Waals surface area contributed by atoms with Crippen LogP contribution in [-0.4, -0.2) is 38.5 Å². The van der Waals surface area contributed by atoms with Gasteiger partial charge < -0.3 is 18.9 Å². The van der Waals surface area contributed by atoms with E-state index in [2.05, 4.69) is 36.9 Å². The SMILES string of the molecule is CCOC(=O)C1=C(C)N=c2s/c(=C\c3cc(Br)ccc3OC)c(=O)n2C1c1cc(OC)c(OC)cc1Br. The maximum absolute atomic E-state index is 13.9. The van der Waals surface area contributed by atoms with E-state index in [0.717, 1.165) is 10.0 Å². The summed E-state index contributed by atoms with van der Waals surface area (Å²) in [5.41, 5.74) is 1.80. The number of carbonyl (C=O) groups is 1. The summed E-state index contributed by atoms with van der Waals surface area (Å²) < 4.78 is 25.2. The van der Waals surface area contributed by atoms with E-state index in [1.54, 1.807) is 39.2 Å². The van der Waals surface area contributed by atoms with Crippen molar-refractivity contribution in [2.75, 3.05) is 27.9 Å². The Morgan fingerprint density at radius 3 is 2.41 bits per heavy atom. The van der Waals surface area contributed by atoms with Gasteiger partial charge >= 0.3 is 5.97 Å². The molecule has 1 aliphatic heterocycles. The molecule has 0 amide bonds. The van der Waals surface area contributed by atoms with Crippen molar-refractivity contribution < 1.29 is 23.7 Å². The van der Waals surface area contributed by atoms with Crippen molar-refractivity contribution in [1.29, 1.82) is 0 Å². The highest BCUT2D eigenvalue weighted by Crippen LogP contribution is 2.40. The molecule has 1 unspecified atom stereocenters. The van der Waals surface area contributed by atoms with Crippen LogP contribution >= 0.6 is 43.2 Å². The minimum Gasteiger partial charge on any atom is -0.496 e. The Bertz CT molecular complexity index is 1590. The van der Waals surface area contributed by atoms with Gasteiger partial charge in [0.15, 0.2) is 16.3 Å². The molecule has 0 N–H and O–H groups in total. The average molecular weight is 652 g/mol. The summed E-state index contributed by atoms with van der Waals surface area (Å²) in [6, 6.07) is 8.24. The molecule has 1 atom stereocenters. The fourth-order valence-electron chi connectivity index (χ4n) is 4.12. The van der Waals surface area contributed by atoms with Crippen LogP contribution in [0.2, 0.25) is 0 Å². The molecular formula is C26H24Br2N2O6S. The topological polar surface area (TPSA) is 88.4 Å². The zero-order chi connectivity index (χ0) is 26.9. The second-order valence-corrected chi connectivity index (χ2v) is 10.7.